The molecule has 4 nitrogen and oxygen atoms in total. The summed E-state index contributed by atoms with van der Waals surface area (Å²) in [4.78, 5) is 14.7. The predicted octanol–water partition coefficient (Wildman–Crippen LogP) is 1.37. The maximum atomic E-state index is 12.2. The first-order chi connectivity index (χ1) is 9.80. The Hall–Kier alpha value is -0.610. The highest BCUT2D eigenvalue weighted by molar-refractivity contribution is 5.82. The SMILES string of the molecule is O=C(NCCCN1CCCCC1)C1CC12CCNCC2. The van der Waals surface area contributed by atoms with E-state index in [9.17, 15) is 4.79 Å². The lowest BCUT2D eigenvalue weighted by atomic mass is 9.92. The van der Waals surface area contributed by atoms with Gasteiger partial charge < -0.3 is 15.5 Å². The molecule has 1 saturated carbocycles. The van der Waals surface area contributed by atoms with Gasteiger partial charge in [-0.1, -0.05) is 6.42 Å². The zero-order valence-corrected chi connectivity index (χ0v) is 12.6. The number of amides is 1. The molecule has 0 bridgehead atoms. The van der Waals surface area contributed by atoms with Crippen LogP contribution in [0, 0.1) is 11.3 Å². The van der Waals surface area contributed by atoms with Crippen LogP contribution in [0.3, 0.4) is 0 Å². The van der Waals surface area contributed by atoms with Crippen molar-refractivity contribution in [2.24, 2.45) is 11.3 Å². The summed E-state index contributed by atoms with van der Waals surface area (Å²) < 4.78 is 0. The van der Waals surface area contributed by atoms with Crippen LogP contribution in [0.5, 0.6) is 0 Å². The summed E-state index contributed by atoms with van der Waals surface area (Å²) in [6, 6.07) is 0. The minimum absolute atomic E-state index is 0.319. The molecule has 2 saturated heterocycles. The molecule has 1 unspecified atom stereocenters. The summed E-state index contributed by atoms with van der Waals surface area (Å²) in [6.07, 6.45) is 8.72. The number of carbonyl (C=O) groups is 1. The highest BCUT2D eigenvalue weighted by atomic mass is 16.2. The van der Waals surface area contributed by atoms with E-state index in [0.717, 1.165) is 39.0 Å². The van der Waals surface area contributed by atoms with Crippen LogP contribution in [0.1, 0.15) is 44.9 Å². The first-order valence-electron chi connectivity index (χ1n) is 8.51. The molecule has 0 aromatic rings. The molecule has 2 heterocycles. The molecule has 4 heteroatoms. The van der Waals surface area contributed by atoms with Gasteiger partial charge in [0.05, 0.1) is 0 Å². The number of likely N-dealkylation sites (tertiary alicyclic amines) is 1. The fourth-order valence-electron chi connectivity index (χ4n) is 4.02. The van der Waals surface area contributed by atoms with Crippen molar-refractivity contribution in [1.82, 2.24) is 15.5 Å². The topological polar surface area (TPSA) is 44.4 Å². The molecule has 114 valence electrons. The monoisotopic (exact) mass is 279 g/mol. The third-order valence-corrected chi connectivity index (χ3v) is 5.50. The van der Waals surface area contributed by atoms with Gasteiger partial charge in [0.2, 0.25) is 5.91 Å². The maximum absolute atomic E-state index is 12.2. The van der Waals surface area contributed by atoms with E-state index in [4.69, 9.17) is 0 Å². The van der Waals surface area contributed by atoms with Crippen LogP contribution in [0.2, 0.25) is 0 Å². The largest absolute Gasteiger partial charge is 0.356 e. The lowest BCUT2D eigenvalue weighted by molar-refractivity contribution is -0.123. The van der Waals surface area contributed by atoms with E-state index in [0.29, 0.717) is 17.2 Å². The number of hydrogen-bond donors (Lipinski definition) is 2. The Labute approximate surface area is 122 Å². The van der Waals surface area contributed by atoms with Gasteiger partial charge in [-0.05, 0) is 76.7 Å². The fraction of sp³-hybridized carbons (Fsp3) is 0.938. The predicted molar refractivity (Wildman–Crippen MR) is 80.6 cm³/mol. The quantitative estimate of drug-likeness (QED) is 0.747. The second kappa shape index (κ2) is 6.44. The second-order valence-electron chi connectivity index (χ2n) is 6.92. The van der Waals surface area contributed by atoms with Crippen molar-refractivity contribution in [2.75, 3.05) is 39.3 Å². The van der Waals surface area contributed by atoms with Crippen LogP contribution >= 0.6 is 0 Å². The zero-order chi connectivity index (χ0) is 13.8. The number of rotatable bonds is 5. The lowest BCUT2D eigenvalue weighted by Gasteiger charge is -2.26. The van der Waals surface area contributed by atoms with E-state index in [1.165, 1.54) is 45.2 Å². The standard InChI is InChI=1S/C16H29N3O/c20-15(14-13-16(14)5-8-17-9-6-16)18-7-4-12-19-10-2-1-3-11-19/h14,17H,1-13H2,(H,18,20). The van der Waals surface area contributed by atoms with Gasteiger partial charge in [0, 0.05) is 12.5 Å². The Kier molecular flexibility index (Phi) is 4.61. The van der Waals surface area contributed by atoms with Crippen molar-refractivity contribution in [3.8, 4) is 0 Å². The molecule has 2 aliphatic heterocycles. The van der Waals surface area contributed by atoms with Gasteiger partial charge in [0.1, 0.15) is 0 Å². The summed E-state index contributed by atoms with van der Waals surface area (Å²) >= 11 is 0. The molecular formula is C16H29N3O. The third kappa shape index (κ3) is 3.34. The number of piperidine rings is 2. The van der Waals surface area contributed by atoms with Gasteiger partial charge in [0.25, 0.3) is 0 Å². The van der Waals surface area contributed by atoms with E-state index in [1.54, 1.807) is 0 Å². The third-order valence-electron chi connectivity index (χ3n) is 5.50. The van der Waals surface area contributed by atoms with Crippen molar-refractivity contribution in [2.45, 2.75) is 44.9 Å². The van der Waals surface area contributed by atoms with Crippen LogP contribution in [-0.4, -0.2) is 50.1 Å². The van der Waals surface area contributed by atoms with Crippen LogP contribution in [-0.2, 0) is 4.79 Å². The highest BCUT2D eigenvalue weighted by Crippen LogP contribution is 2.58. The lowest BCUT2D eigenvalue weighted by Crippen LogP contribution is -2.35. The Morgan fingerprint density at radius 3 is 2.70 bits per heavy atom. The molecular weight excluding hydrogens is 250 g/mol. The van der Waals surface area contributed by atoms with E-state index >= 15 is 0 Å². The Bertz CT molecular complexity index is 333. The Morgan fingerprint density at radius 2 is 1.95 bits per heavy atom. The summed E-state index contributed by atoms with van der Waals surface area (Å²) in [5.41, 5.74) is 0.377. The summed E-state index contributed by atoms with van der Waals surface area (Å²) in [5, 5.41) is 6.56. The fourth-order valence-corrected chi connectivity index (χ4v) is 4.02. The van der Waals surface area contributed by atoms with Crippen LogP contribution in [0.25, 0.3) is 0 Å². The van der Waals surface area contributed by atoms with Gasteiger partial charge >= 0.3 is 0 Å². The second-order valence-corrected chi connectivity index (χ2v) is 6.92. The van der Waals surface area contributed by atoms with Crippen molar-refractivity contribution >= 4 is 5.91 Å². The normalized spacial score (nSPS) is 29.3. The molecule has 3 aliphatic rings. The number of carbonyl (C=O) groups excluding carboxylic acids is 1. The van der Waals surface area contributed by atoms with Crippen LogP contribution in [0.15, 0.2) is 0 Å². The molecule has 3 fully saturated rings. The average Bonchev–Trinajstić information content (AvgIpc) is 3.19. The first-order valence-corrected chi connectivity index (χ1v) is 8.51. The van der Waals surface area contributed by atoms with Crippen molar-refractivity contribution < 1.29 is 4.79 Å². The molecule has 1 amide bonds. The summed E-state index contributed by atoms with van der Waals surface area (Å²) in [7, 11) is 0. The van der Waals surface area contributed by atoms with E-state index in [1.807, 2.05) is 0 Å². The average molecular weight is 279 g/mol. The molecule has 0 radical (unpaired) electrons. The summed E-state index contributed by atoms with van der Waals surface area (Å²) in [5.74, 6) is 0.644. The minimum atomic E-state index is 0.319. The van der Waals surface area contributed by atoms with Gasteiger partial charge in [-0.3, -0.25) is 4.79 Å². The molecule has 0 aromatic carbocycles. The van der Waals surface area contributed by atoms with E-state index in [2.05, 4.69) is 15.5 Å². The number of nitrogens with one attached hydrogen (secondary N) is 2. The first kappa shape index (κ1) is 14.3. The van der Waals surface area contributed by atoms with Crippen molar-refractivity contribution in [3.05, 3.63) is 0 Å². The van der Waals surface area contributed by atoms with Gasteiger partial charge in [-0.15, -0.1) is 0 Å². The minimum Gasteiger partial charge on any atom is -0.356 e. The number of nitrogens with zero attached hydrogens (tertiary/aromatic N) is 1. The smallest absolute Gasteiger partial charge is 0.223 e. The van der Waals surface area contributed by atoms with Crippen molar-refractivity contribution in [3.63, 3.8) is 0 Å². The summed E-state index contributed by atoms with van der Waals surface area (Å²) in [6.45, 7) is 6.72. The van der Waals surface area contributed by atoms with Crippen LogP contribution in [0.4, 0.5) is 0 Å². The van der Waals surface area contributed by atoms with Gasteiger partial charge in [0.15, 0.2) is 0 Å². The molecule has 0 aromatic heterocycles. The molecule has 20 heavy (non-hydrogen) atoms. The van der Waals surface area contributed by atoms with Crippen LogP contribution < -0.4 is 10.6 Å². The molecule has 3 rings (SSSR count). The molecule has 2 N–H and O–H groups in total. The van der Waals surface area contributed by atoms with E-state index in [-0.39, 0.29) is 0 Å². The Morgan fingerprint density at radius 1 is 1.20 bits per heavy atom. The zero-order valence-electron chi connectivity index (χ0n) is 12.6. The molecule has 1 atom stereocenters. The molecule has 1 spiro atoms. The van der Waals surface area contributed by atoms with Crippen molar-refractivity contribution in [1.29, 1.82) is 0 Å². The van der Waals surface area contributed by atoms with Gasteiger partial charge in [-0.25, -0.2) is 0 Å². The Balaban J connectivity index is 1.30. The van der Waals surface area contributed by atoms with E-state index < -0.39 is 0 Å². The number of hydrogen-bond acceptors (Lipinski definition) is 3. The molecule has 1 aliphatic carbocycles. The van der Waals surface area contributed by atoms with Gasteiger partial charge in [-0.2, -0.15) is 0 Å². The maximum Gasteiger partial charge on any atom is 0.223 e. The highest BCUT2D eigenvalue weighted by Gasteiger charge is 2.57.